The highest BCUT2D eigenvalue weighted by atomic mass is 16.5. The first-order chi connectivity index (χ1) is 10.9. The molecule has 0 bridgehead atoms. The SMILES string of the molecule is COC(=O)[C@@]1(CC=O)CCC[C@]2(C)c3ccccc3CC[C@@]12C. The maximum atomic E-state index is 12.8. The van der Waals surface area contributed by atoms with Crippen LogP contribution in [0.2, 0.25) is 0 Å². The number of esters is 1. The second kappa shape index (κ2) is 5.47. The second-order valence-corrected chi connectivity index (χ2v) is 7.62. The molecular formula is C20H26O3. The van der Waals surface area contributed by atoms with Crippen molar-refractivity contribution in [2.75, 3.05) is 7.11 Å². The van der Waals surface area contributed by atoms with E-state index in [4.69, 9.17) is 4.74 Å². The lowest BCUT2D eigenvalue weighted by Crippen LogP contribution is -2.61. The number of rotatable bonds is 3. The van der Waals surface area contributed by atoms with Gasteiger partial charge in [0, 0.05) is 6.42 Å². The van der Waals surface area contributed by atoms with E-state index in [-0.39, 0.29) is 23.2 Å². The van der Waals surface area contributed by atoms with Crippen molar-refractivity contribution >= 4 is 12.3 Å². The van der Waals surface area contributed by atoms with Gasteiger partial charge in [0.25, 0.3) is 0 Å². The fourth-order valence-corrected chi connectivity index (χ4v) is 5.51. The van der Waals surface area contributed by atoms with Crippen LogP contribution >= 0.6 is 0 Å². The molecule has 3 nitrogen and oxygen atoms in total. The minimum absolute atomic E-state index is 0.0999. The quantitative estimate of drug-likeness (QED) is 0.629. The molecule has 0 spiro atoms. The Labute approximate surface area is 138 Å². The molecule has 0 N–H and O–H groups in total. The molecule has 3 rings (SSSR count). The van der Waals surface area contributed by atoms with Crippen molar-refractivity contribution < 1.29 is 14.3 Å². The summed E-state index contributed by atoms with van der Waals surface area (Å²) in [5.41, 5.74) is 1.67. The van der Waals surface area contributed by atoms with E-state index in [1.165, 1.54) is 18.2 Å². The number of hydrogen-bond donors (Lipinski definition) is 0. The Hall–Kier alpha value is -1.64. The van der Waals surface area contributed by atoms with Gasteiger partial charge in [0.15, 0.2) is 0 Å². The van der Waals surface area contributed by atoms with Gasteiger partial charge in [-0.05, 0) is 47.6 Å². The maximum absolute atomic E-state index is 12.8. The number of carbonyl (C=O) groups is 2. The van der Waals surface area contributed by atoms with Crippen LogP contribution < -0.4 is 0 Å². The Bertz CT molecular complexity index is 638. The summed E-state index contributed by atoms with van der Waals surface area (Å²) in [5.74, 6) is -0.211. The molecule has 2 aliphatic rings. The number of aryl methyl sites for hydroxylation is 1. The van der Waals surface area contributed by atoms with E-state index in [0.29, 0.717) is 0 Å². The van der Waals surface area contributed by atoms with Gasteiger partial charge in [-0.25, -0.2) is 0 Å². The van der Waals surface area contributed by atoms with Crippen LogP contribution in [0.4, 0.5) is 0 Å². The average molecular weight is 314 g/mol. The van der Waals surface area contributed by atoms with E-state index in [2.05, 4.69) is 38.1 Å². The van der Waals surface area contributed by atoms with Crippen molar-refractivity contribution in [3.63, 3.8) is 0 Å². The molecule has 0 aromatic heterocycles. The highest BCUT2D eigenvalue weighted by Gasteiger charge is 2.65. The van der Waals surface area contributed by atoms with Crippen LogP contribution in [0.15, 0.2) is 24.3 Å². The van der Waals surface area contributed by atoms with Crippen LogP contribution in [-0.4, -0.2) is 19.4 Å². The van der Waals surface area contributed by atoms with Crippen molar-refractivity contribution in [1.82, 2.24) is 0 Å². The Morgan fingerprint density at radius 2 is 1.96 bits per heavy atom. The number of fused-ring (bicyclic) bond motifs is 3. The monoisotopic (exact) mass is 314 g/mol. The molecule has 3 atom stereocenters. The minimum atomic E-state index is -0.704. The molecule has 0 unspecified atom stereocenters. The number of ether oxygens (including phenoxy) is 1. The molecule has 2 aliphatic carbocycles. The first kappa shape index (κ1) is 16.2. The highest BCUT2D eigenvalue weighted by molar-refractivity contribution is 5.82. The fraction of sp³-hybridized carbons (Fsp3) is 0.600. The van der Waals surface area contributed by atoms with E-state index in [1.54, 1.807) is 0 Å². The molecule has 0 aliphatic heterocycles. The fourth-order valence-electron chi connectivity index (χ4n) is 5.51. The summed E-state index contributed by atoms with van der Waals surface area (Å²) in [7, 11) is 1.45. The van der Waals surface area contributed by atoms with E-state index >= 15 is 0 Å². The predicted molar refractivity (Wildman–Crippen MR) is 89.2 cm³/mol. The molecule has 1 aromatic carbocycles. The number of benzene rings is 1. The van der Waals surface area contributed by atoms with Gasteiger partial charge < -0.3 is 9.53 Å². The molecule has 1 saturated carbocycles. The number of aldehydes is 1. The van der Waals surface area contributed by atoms with Crippen LogP contribution in [0.1, 0.15) is 57.1 Å². The Morgan fingerprint density at radius 3 is 2.65 bits per heavy atom. The van der Waals surface area contributed by atoms with Crippen molar-refractivity contribution in [2.45, 2.75) is 57.8 Å². The van der Waals surface area contributed by atoms with Gasteiger partial charge in [0.2, 0.25) is 0 Å². The molecule has 3 heteroatoms. The Balaban J connectivity index is 2.21. The molecule has 0 saturated heterocycles. The second-order valence-electron chi connectivity index (χ2n) is 7.62. The molecule has 124 valence electrons. The van der Waals surface area contributed by atoms with E-state index < -0.39 is 5.41 Å². The summed E-state index contributed by atoms with van der Waals surface area (Å²) in [6.07, 6.45) is 5.79. The topological polar surface area (TPSA) is 43.4 Å². The molecule has 0 heterocycles. The normalized spacial score (nSPS) is 35.8. The van der Waals surface area contributed by atoms with Crippen molar-refractivity contribution in [1.29, 1.82) is 0 Å². The summed E-state index contributed by atoms with van der Waals surface area (Å²) in [6, 6.07) is 8.59. The van der Waals surface area contributed by atoms with Crippen LogP contribution in [0.25, 0.3) is 0 Å². The molecule has 0 amide bonds. The lowest BCUT2D eigenvalue weighted by atomic mass is 9.40. The third-order valence-corrected chi connectivity index (χ3v) is 7.07. The average Bonchev–Trinajstić information content (AvgIpc) is 2.56. The van der Waals surface area contributed by atoms with Crippen molar-refractivity contribution in [2.24, 2.45) is 10.8 Å². The standard InChI is InChI=1S/C20H26O3/c1-18-10-6-11-20(13-14-21,17(22)23-3)19(18,2)12-9-15-7-4-5-8-16(15)18/h4-5,7-8,14H,6,9-13H2,1-3H3/t18-,19-,20+/m1/s1. The van der Waals surface area contributed by atoms with Crippen LogP contribution in [0, 0.1) is 10.8 Å². The lowest BCUT2D eigenvalue weighted by Gasteiger charge is -2.62. The Kier molecular flexibility index (Phi) is 3.86. The molecular weight excluding hydrogens is 288 g/mol. The van der Waals surface area contributed by atoms with Gasteiger partial charge >= 0.3 is 5.97 Å². The first-order valence-electron chi connectivity index (χ1n) is 8.56. The number of hydrogen-bond acceptors (Lipinski definition) is 3. The van der Waals surface area contributed by atoms with E-state index in [1.807, 2.05) is 0 Å². The van der Waals surface area contributed by atoms with E-state index in [9.17, 15) is 9.59 Å². The lowest BCUT2D eigenvalue weighted by molar-refractivity contribution is -0.177. The van der Waals surface area contributed by atoms with Gasteiger partial charge in [-0.3, -0.25) is 4.79 Å². The van der Waals surface area contributed by atoms with Crippen molar-refractivity contribution in [3.8, 4) is 0 Å². The summed E-state index contributed by atoms with van der Waals surface area (Å²) < 4.78 is 5.19. The Morgan fingerprint density at radius 1 is 1.22 bits per heavy atom. The molecule has 23 heavy (non-hydrogen) atoms. The zero-order valence-electron chi connectivity index (χ0n) is 14.4. The molecule has 1 fully saturated rings. The molecule has 0 radical (unpaired) electrons. The van der Waals surface area contributed by atoms with Crippen LogP contribution in [0.3, 0.4) is 0 Å². The van der Waals surface area contributed by atoms with Gasteiger partial charge in [-0.2, -0.15) is 0 Å². The van der Waals surface area contributed by atoms with Crippen LogP contribution in [-0.2, 0) is 26.2 Å². The third-order valence-electron chi connectivity index (χ3n) is 7.07. The smallest absolute Gasteiger partial charge is 0.312 e. The maximum Gasteiger partial charge on any atom is 0.312 e. The van der Waals surface area contributed by atoms with Gasteiger partial charge in [0.1, 0.15) is 6.29 Å². The number of carbonyl (C=O) groups excluding carboxylic acids is 2. The zero-order valence-corrected chi connectivity index (χ0v) is 14.4. The third kappa shape index (κ3) is 1.95. The zero-order chi connectivity index (χ0) is 16.7. The predicted octanol–water partition coefficient (Wildman–Crippen LogP) is 3.83. The van der Waals surface area contributed by atoms with E-state index in [0.717, 1.165) is 38.4 Å². The summed E-state index contributed by atoms with van der Waals surface area (Å²) in [6.45, 7) is 4.50. The largest absolute Gasteiger partial charge is 0.469 e. The number of methoxy groups -OCH3 is 1. The molecule has 1 aromatic rings. The minimum Gasteiger partial charge on any atom is -0.469 e. The van der Waals surface area contributed by atoms with Gasteiger partial charge in [0.05, 0.1) is 12.5 Å². The van der Waals surface area contributed by atoms with Crippen LogP contribution in [0.5, 0.6) is 0 Å². The summed E-state index contributed by atoms with van der Waals surface area (Å²) in [5, 5.41) is 0. The highest BCUT2D eigenvalue weighted by Crippen LogP contribution is 2.66. The van der Waals surface area contributed by atoms with Crippen molar-refractivity contribution in [3.05, 3.63) is 35.4 Å². The first-order valence-corrected chi connectivity index (χ1v) is 8.56. The summed E-state index contributed by atoms with van der Waals surface area (Å²) >= 11 is 0. The van der Waals surface area contributed by atoms with Gasteiger partial charge in [-0.15, -0.1) is 0 Å². The van der Waals surface area contributed by atoms with Gasteiger partial charge in [-0.1, -0.05) is 44.5 Å². The summed E-state index contributed by atoms with van der Waals surface area (Å²) in [4.78, 5) is 24.3.